The van der Waals surface area contributed by atoms with Crippen molar-refractivity contribution in [3.63, 3.8) is 0 Å². The van der Waals surface area contributed by atoms with E-state index in [4.69, 9.17) is 4.98 Å². The van der Waals surface area contributed by atoms with Gasteiger partial charge in [-0.25, -0.2) is 4.98 Å². The molecule has 0 unspecified atom stereocenters. The number of benzene rings is 2. The SMILES string of the molecule is Cc1ccc(-c2cc(C(=O)N[C@@H]3C[C@H](C)CC(C)(C)C3)c3cc(Br)ccc3n2)cc1. The number of rotatable bonds is 3. The van der Waals surface area contributed by atoms with Crippen molar-refractivity contribution in [2.45, 2.75) is 53.0 Å². The monoisotopic (exact) mass is 464 g/mol. The highest BCUT2D eigenvalue weighted by atomic mass is 79.9. The molecule has 0 radical (unpaired) electrons. The van der Waals surface area contributed by atoms with Gasteiger partial charge in [-0.3, -0.25) is 4.79 Å². The fourth-order valence-corrected chi connectivity index (χ4v) is 5.34. The molecule has 4 rings (SSSR count). The third-order valence-corrected chi connectivity index (χ3v) is 6.58. The first-order chi connectivity index (χ1) is 14.2. The molecule has 1 aliphatic rings. The van der Waals surface area contributed by atoms with E-state index in [0.29, 0.717) is 11.5 Å². The summed E-state index contributed by atoms with van der Waals surface area (Å²) < 4.78 is 0.946. The van der Waals surface area contributed by atoms with Gasteiger partial charge in [0.2, 0.25) is 0 Å². The Morgan fingerprint density at radius 3 is 2.53 bits per heavy atom. The predicted molar refractivity (Wildman–Crippen MR) is 128 cm³/mol. The van der Waals surface area contributed by atoms with Gasteiger partial charge in [0.1, 0.15) is 0 Å². The van der Waals surface area contributed by atoms with Gasteiger partial charge in [-0.2, -0.15) is 0 Å². The fraction of sp³-hybridized carbons (Fsp3) is 0.385. The molecule has 1 fully saturated rings. The van der Waals surface area contributed by atoms with Gasteiger partial charge in [0.15, 0.2) is 0 Å². The van der Waals surface area contributed by atoms with E-state index < -0.39 is 0 Å². The topological polar surface area (TPSA) is 42.0 Å². The van der Waals surface area contributed by atoms with Gasteiger partial charge in [0.25, 0.3) is 5.91 Å². The molecule has 1 heterocycles. The van der Waals surface area contributed by atoms with E-state index in [2.05, 4.69) is 73.2 Å². The molecule has 2 atom stereocenters. The molecule has 0 aliphatic heterocycles. The summed E-state index contributed by atoms with van der Waals surface area (Å²) in [4.78, 5) is 18.3. The van der Waals surface area contributed by atoms with Gasteiger partial charge in [-0.1, -0.05) is 66.5 Å². The average molecular weight is 465 g/mol. The summed E-state index contributed by atoms with van der Waals surface area (Å²) in [6.45, 7) is 8.96. The first-order valence-electron chi connectivity index (χ1n) is 10.7. The minimum Gasteiger partial charge on any atom is -0.349 e. The number of hydrogen-bond acceptors (Lipinski definition) is 2. The summed E-state index contributed by atoms with van der Waals surface area (Å²) in [6.07, 6.45) is 3.26. The number of carbonyl (C=O) groups excluding carboxylic acids is 1. The first-order valence-corrected chi connectivity index (χ1v) is 11.5. The van der Waals surface area contributed by atoms with Crippen molar-refractivity contribution in [3.05, 3.63) is 64.1 Å². The Morgan fingerprint density at radius 1 is 1.10 bits per heavy atom. The molecule has 3 aromatic rings. The van der Waals surface area contributed by atoms with Crippen LogP contribution in [0, 0.1) is 18.3 Å². The van der Waals surface area contributed by atoms with E-state index >= 15 is 0 Å². The Bertz CT molecular complexity index is 1090. The van der Waals surface area contributed by atoms with Crippen LogP contribution in [0.5, 0.6) is 0 Å². The van der Waals surface area contributed by atoms with Crippen LogP contribution in [0.25, 0.3) is 22.2 Å². The van der Waals surface area contributed by atoms with Crippen LogP contribution in [-0.2, 0) is 0 Å². The largest absolute Gasteiger partial charge is 0.349 e. The maximum atomic E-state index is 13.4. The average Bonchev–Trinajstić information content (AvgIpc) is 2.66. The molecule has 0 saturated heterocycles. The lowest BCUT2D eigenvalue weighted by Crippen LogP contribution is -2.43. The van der Waals surface area contributed by atoms with Crippen LogP contribution in [0.15, 0.2) is 53.0 Å². The van der Waals surface area contributed by atoms with E-state index in [1.807, 2.05) is 24.3 Å². The van der Waals surface area contributed by atoms with E-state index in [0.717, 1.165) is 39.5 Å². The highest BCUT2D eigenvalue weighted by molar-refractivity contribution is 9.10. The standard InChI is InChI=1S/C26H29BrN2O/c1-16-5-7-18(8-6-16)24-13-22(21-12-19(27)9-10-23(21)29-24)25(30)28-20-11-17(2)14-26(3,4)15-20/h5-10,12-13,17,20H,11,14-15H2,1-4H3,(H,28,30)/t17-,20+/m0/s1. The van der Waals surface area contributed by atoms with Crippen molar-refractivity contribution in [2.24, 2.45) is 11.3 Å². The molecular weight excluding hydrogens is 436 g/mol. The van der Waals surface area contributed by atoms with Gasteiger partial charge >= 0.3 is 0 Å². The Morgan fingerprint density at radius 2 is 1.83 bits per heavy atom. The second-order valence-corrected chi connectivity index (χ2v) is 10.6. The van der Waals surface area contributed by atoms with Crippen LogP contribution in [0.1, 0.15) is 56.0 Å². The van der Waals surface area contributed by atoms with E-state index in [1.54, 1.807) is 0 Å². The normalized spacial score (nSPS) is 20.8. The lowest BCUT2D eigenvalue weighted by molar-refractivity contribution is 0.0876. The van der Waals surface area contributed by atoms with Crippen molar-refractivity contribution in [3.8, 4) is 11.3 Å². The summed E-state index contributed by atoms with van der Waals surface area (Å²) in [5, 5.41) is 4.21. The number of carbonyl (C=O) groups is 1. The number of aryl methyl sites for hydroxylation is 1. The van der Waals surface area contributed by atoms with Crippen LogP contribution < -0.4 is 5.32 Å². The Labute approximate surface area is 187 Å². The third-order valence-electron chi connectivity index (χ3n) is 6.08. The van der Waals surface area contributed by atoms with Gasteiger partial charge in [-0.15, -0.1) is 0 Å². The zero-order valence-corrected chi connectivity index (χ0v) is 19.7. The predicted octanol–water partition coefficient (Wildman–Crippen LogP) is 6.92. The first kappa shape index (κ1) is 21.0. The van der Waals surface area contributed by atoms with Crippen molar-refractivity contribution in [1.29, 1.82) is 0 Å². The number of halogens is 1. The molecule has 0 spiro atoms. The number of nitrogens with zero attached hydrogens (tertiary/aromatic N) is 1. The molecule has 1 amide bonds. The second-order valence-electron chi connectivity index (χ2n) is 9.67. The number of aromatic nitrogens is 1. The minimum atomic E-state index is -0.0104. The maximum Gasteiger partial charge on any atom is 0.252 e. The van der Waals surface area contributed by atoms with Crippen LogP contribution in [0.2, 0.25) is 0 Å². The van der Waals surface area contributed by atoms with E-state index in [9.17, 15) is 4.79 Å². The Balaban J connectivity index is 1.73. The zero-order valence-electron chi connectivity index (χ0n) is 18.1. The summed E-state index contributed by atoms with van der Waals surface area (Å²) in [5.41, 5.74) is 4.83. The van der Waals surface area contributed by atoms with Gasteiger partial charge in [0.05, 0.1) is 16.8 Å². The van der Waals surface area contributed by atoms with Crippen molar-refractivity contribution < 1.29 is 4.79 Å². The fourth-order valence-electron chi connectivity index (χ4n) is 4.98. The molecule has 1 N–H and O–H groups in total. The molecule has 1 aromatic heterocycles. The van der Waals surface area contributed by atoms with Crippen LogP contribution in [0.3, 0.4) is 0 Å². The maximum absolute atomic E-state index is 13.4. The molecule has 2 aromatic carbocycles. The number of amides is 1. The van der Waals surface area contributed by atoms with Crippen LogP contribution in [-0.4, -0.2) is 16.9 Å². The Kier molecular flexibility index (Phi) is 5.71. The number of fused-ring (bicyclic) bond motifs is 1. The second kappa shape index (κ2) is 8.14. The molecule has 3 nitrogen and oxygen atoms in total. The van der Waals surface area contributed by atoms with Gasteiger partial charge in [0, 0.05) is 21.5 Å². The highest BCUT2D eigenvalue weighted by Crippen LogP contribution is 2.38. The minimum absolute atomic E-state index is 0.0104. The molecule has 1 saturated carbocycles. The quantitative estimate of drug-likeness (QED) is 0.456. The lowest BCUT2D eigenvalue weighted by Gasteiger charge is -2.39. The summed E-state index contributed by atoms with van der Waals surface area (Å²) >= 11 is 3.55. The van der Waals surface area contributed by atoms with E-state index in [-0.39, 0.29) is 17.4 Å². The molecule has 156 valence electrons. The lowest BCUT2D eigenvalue weighted by atomic mass is 9.70. The van der Waals surface area contributed by atoms with Crippen molar-refractivity contribution >= 4 is 32.7 Å². The van der Waals surface area contributed by atoms with Gasteiger partial charge in [-0.05, 0) is 61.8 Å². The highest BCUT2D eigenvalue weighted by Gasteiger charge is 2.33. The van der Waals surface area contributed by atoms with Crippen molar-refractivity contribution in [1.82, 2.24) is 10.3 Å². The molecular formula is C26H29BrN2O. The zero-order chi connectivity index (χ0) is 21.5. The van der Waals surface area contributed by atoms with Crippen LogP contribution >= 0.6 is 15.9 Å². The number of hydrogen-bond donors (Lipinski definition) is 1. The third kappa shape index (κ3) is 4.59. The van der Waals surface area contributed by atoms with Crippen molar-refractivity contribution in [2.75, 3.05) is 0 Å². The van der Waals surface area contributed by atoms with Gasteiger partial charge < -0.3 is 5.32 Å². The summed E-state index contributed by atoms with van der Waals surface area (Å²) in [7, 11) is 0. The number of nitrogens with one attached hydrogen (secondary N) is 1. The summed E-state index contributed by atoms with van der Waals surface area (Å²) in [6, 6.07) is 16.4. The van der Waals surface area contributed by atoms with E-state index in [1.165, 1.54) is 12.0 Å². The van der Waals surface area contributed by atoms with Crippen LogP contribution in [0.4, 0.5) is 0 Å². The molecule has 1 aliphatic carbocycles. The smallest absolute Gasteiger partial charge is 0.252 e. The Hall–Kier alpha value is -2.20. The summed E-state index contributed by atoms with van der Waals surface area (Å²) in [5.74, 6) is 0.606. The molecule has 30 heavy (non-hydrogen) atoms. The molecule has 0 bridgehead atoms. The number of pyridine rings is 1. The molecule has 4 heteroatoms.